The zero-order valence-electron chi connectivity index (χ0n) is 38.3. The van der Waals surface area contributed by atoms with Crippen LogP contribution in [-0.4, -0.2) is 93.6 Å². The Bertz CT molecular complexity index is 2880. The number of carboxylic acids is 1. The van der Waals surface area contributed by atoms with Crippen molar-refractivity contribution in [3.63, 3.8) is 0 Å². The van der Waals surface area contributed by atoms with Crippen molar-refractivity contribution >= 4 is 63.8 Å². The lowest BCUT2D eigenvalue weighted by Gasteiger charge is -2.45. The van der Waals surface area contributed by atoms with Gasteiger partial charge in [-0.1, -0.05) is 53.4 Å². The fraction of sp³-hybridized carbons (Fsp3) is 0.490. The number of fused-ring (bicyclic) bond motifs is 4. The van der Waals surface area contributed by atoms with Crippen molar-refractivity contribution in [2.75, 3.05) is 19.6 Å². The van der Waals surface area contributed by atoms with E-state index in [4.69, 9.17) is 32.9 Å². The maximum atomic E-state index is 14.8. The van der Waals surface area contributed by atoms with Crippen molar-refractivity contribution in [3.05, 3.63) is 102 Å². The molecule has 6 heterocycles. The third-order valence-electron chi connectivity index (χ3n) is 15.2. The van der Waals surface area contributed by atoms with E-state index in [0.717, 1.165) is 69.1 Å². The maximum absolute atomic E-state index is 14.8. The predicted octanol–water partition coefficient (Wildman–Crippen LogP) is 8.31. The van der Waals surface area contributed by atoms with Gasteiger partial charge in [0, 0.05) is 64.1 Å². The number of hydrogen-bond acceptors (Lipinski definition) is 11. The van der Waals surface area contributed by atoms with E-state index < -0.39 is 29.4 Å². The lowest BCUT2D eigenvalue weighted by atomic mass is 9.66. The topological polar surface area (TPSA) is 178 Å². The van der Waals surface area contributed by atoms with Crippen molar-refractivity contribution in [3.8, 4) is 10.8 Å². The Labute approximate surface area is 402 Å². The van der Waals surface area contributed by atoms with Gasteiger partial charge in [0.05, 0.1) is 28.8 Å². The highest BCUT2D eigenvalue weighted by molar-refractivity contribution is 7.15. The third-order valence-corrected chi connectivity index (χ3v) is 17.0. The molecule has 350 valence electrons. The van der Waals surface area contributed by atoms with E-state index >= 15 is 0 Å². The fourth-order valence-corrected chi connectivity index (χ4v) is 12.4. The molecule has 3 aliphatic heterocycles. The number of nitrogens with zero attached hydrogens (tertiary/aromatic N) is 9. The van der Waals surface area contributed by atoms with Gasteiger partial charge in [-0.15, -0.1) is 26.6 Å². The fourth-order valence-electron chi connectivity index (χ4n) is 10.8. The molecule has 10 rings (SSSR count). The van der Waals surface area contributed by atoms with Gasteiger partial charge in [0.15, 0.2) is 11.6 Å². The van der Waals surface area contributed by atoms with E-state index in [9.17, 15) is 24.3 Å². The molecule has 18 heteroatoms. The molecular weight excluding hydrogens is 914 g/mol. The van der Waals surface area contributed by atoms with Gasteiger partial charge in [0.25, 0.3) is 0 Å². The molecule has 2 amide bonds. The predicted molar refractivity (Wildman–Crippen MR) is 252 cm³/mol. The van der Waals surface area contributed by atoms with Crippen molar-refractivity contribution < 1.29 is 29.0 Å². The molecule has 5 aromatic rings. The molecule has 1 spiro atoms. The summed E-state index contributed by atoms with van der Waals surface area (Å²) in [5.74, 6) is -0.180. The van der Waals surface area contributed by atoms with Crippen LogP contribution in [-0.2, 0) is 38.8 Å². The number of amides is 2. The molecule has 1 N–H and O–H groups in total. The summed E-state index contributed by atoms with van der Waals surface area (Å²) in [7, 11) is 0. The number of aromatic nitrogens is 6. The number of likely N-dealkylation sites (tertiary alicyclic amines) is 1. The summed E-state index contributed by atoms with van der Waals surface area (Å²) in [5, 5.41) is 30.4. The van der Waals surface area contributed by atoms with Crippen LogP contribution >= 0.6 is 34.5 Å². The van der Waals surface area contributed by atoms with Gasteiger partial charge in [-0.3, -0.25) is 28.7 Å². The van der Waals surface area contributed by atoms with Crippen LogP contribution in [0.15, 0.2) is 41.4 Å². The minimum Gasteiger partial charge on any atom is -0.487 e. The summed E-state index contributed by atoms with van der Waals surface area (Å²) in [5.41, 5.74) is 5.24. The molecular formula is C49H53Cl2N9O6S. The van der Waals surface area contributed by atoms with E-state index in [-0.39, 0.29) is 49.1 Å². The monoisotopic (exact) mass is 965 g/mol. The Hall–Kier alpha value is -5.45. The first kappa shape index (κ1) is 45.3. The number of aryl methyl sites for hydroxylation is 2. The minimum absolute atomic E-state index is 0.00112. The second kappa shape index (κ2) is 17.3. The standard InChI is InChI=1S/C49H53Cl2N9O6S/c1-26-28(3)67-46-41(26)43(30-9-11-31(50)12-10-30)52-36(44-55-53-29(4)60(44)46)20-32(61)22-59-27(2)37(54-56-59)24-66-39-14-13-35(51)33-15-19-58(45(63)34-8-6-7-16-48(34,5)47(64)65)38(42(33)39)23-57-25-49(17-18-49)21-40(57)62/h9-14,34,36,38H,6-8,15-25H2,1-5H3,(H,64,65)/t34-,36-,38+,48-/m0/s1. The number of carbonyl (C=O) groups excluding carboxylic acids is 3. The van der Waals surface area contributed by atoms with E-state index in [2.05, 4.69) is 34.4 Å². The molecule has 67 heavy (non-hydrogen) atoms. The first-order valence-corrected chi connectivity index (χ1v) is 24.7. The van der Waals surface area contributed by atoms with Gasteiger partial charge in [0.2, 0.25) is 11.8 Å². The van der Waals surface area contributed by atoms with Gasteiger partial charge >= 0.3 is 5.97 Å². The van der Waals surface area contributed by atoms with Gasteiger partial charge in [-0.05, 0) is 108 Å². The summed E-state index contributed by atoms with van der Waals surface area (Å²) in [4.78, 5) is 65.2. The van der Waals surface area contributed by atoms with Crippen molar-refractivity contribution in [1.82, 2.24) is 39.6 Å². The Kier molecular flexibility index (Phi) is 11.7. The van der Waals surface area contributed by atoms with E-state index in [0.29, 0.717) is 77.6 Å². The molecule has 0 bridgehead atoms. The Morgan fingerprint density at radius 3 is 2.49 bits per heavy atom. The van der Waals surface area contributed by atoms with Crippen molar-refractivity contribution in [2.24, 2.45) is 21.7 Å². The summed E-state index contributed by atoms with van der Waals surface area (Å²) >= 11 is 14.9. The summed E-state index contributed by atoms with van der Waals surface area (Å²) in [6.07, 6.45) is 5.39. The highest BCUT2D eigenvalue weighted by atomic mass is 35.5. The molecule has 4 atom stereocenters. The average Bonchev–Trinajstić information content (AvgIpc) is 3.50. The van der Waals surface area contributed by atoms with E-state index in [1.807, 2.05) is 47.6 Å². The van der Waals surface area contributed by atoms with Crippen LogP contribution in [0.1, 0.15) is 126 Å². The zero-order valence-corrected chi connectivity index (χ0v) is 40.6. The van der Waals surface area contributed by atoms with Crippen LogP contribution in [0.5, 0.6) is 5.75 Å². The number of aliphatic carboxylic acids is 1. The quantitative estimate of drug-likeness (QED) is 0.128. The third kappa shape index (κ3) is 8.05. The van der Waals surface area contributed by atoms with Crippen molar-refractivity contribution in [2.45, 2.75) is 118 Å². The number of hydrogen-bond donors (Lipinski definition) is 1. The Morgan fingerprint density at radius 1 is 0.985 bits per heavy atom. The molecule has 0 radical (unpaired) electrons. The second-order valence-corrected chi connectivity index (χ2v) is 21.5. The molecule has 5 aliphatic rings. The minimum atomic E-state index is -1.20. The number of rotatable bonds is 12. The second-order valence-electron chi connectivity index (χ2n) is 19.4. The van der Waals surface area contributed by atoms with Crippen molar-refractivity contribution in [1.29, 1.82) is 0 Å². The summed E-state index contributed by atoms with van der Waals surface area (Å²) in [6.45, 7) is 10.8. The van der Waals surface area contributed by atoms with Crippen LogP contribution in [0.4, 0.5) is 0 Å². The number of Topliss-reactive ketones (excluding diaryl/α,β-unsaturated/α-hetero) is 1. The number of aliphatic imine (C=N–C) groups is 1. The normalized spacial score (nSPS) is 22.8. The molecule has 2 aliphatic carbocycles. The number of carbonyl (C=O) groups is 4. The molecule has 2 aromatic carbocycles. The van der Waals surface area contributed by atoms with Gasteiger partial charge < -0.3 is 19.6 Å². The molecule has 15 nitrogen and oxygen atoms in total. The smallest absolute Gasteiger partial charge is 0.310 e. The van der Waals surface area contributed by atoms with Crippen LogP contribution in [0.3, 0.4) is 0 Å². The highest BCUT2D eigenvalue weighted by Gasteiger charge is 2.54. The van der Waals surface area contributed by atoms with Gasteiger partial charge in [-0.25, -0.2) is 4.68 Å². The van der Waals surface area contributed by atoms with E-state index in [1.54, 1.807) is 40.0 Å². The number of ketones is 1. The number of halogens is 2. The Morgan fingerprint density at radius 2 is 1.76 bits per heavy atom. The van der Waals surface area contributed by atoms with Crippen LogP contribution in [0, 0.1) is 44.4 Å². The average molecular weight is 967 g/mol. The number of carboxylic acid groups (broad SMARTS) is 1. The van der Waals surface area contributed by atoms with Crippen LogP contribution in [0.25, 0.3) is 5.00 Å². The lowest BCUT2D eigenvalue weighted by molar-refractivity contribution is -0.162. The first-order valence-electron chi connectivity index (χ1n) is 23.1. The number of thiophene rings is 1. The number of benzene rings is 2. The number of ether oxygens (including phenoxy) is 1. The SMILES string of the molecule is Cc1sc2c(c1C)C(c1ccc(Cl)cc1)=N[C@@H](CC(=O)Cn1nnc(COc3ccc(Cl)c4c3[C@@H](CN3CC5(CC5)CC3=O)N(C(=O)[C@@H]3CCCC[C@]3(C)C(=O)O)CC4)c1C)c1nnc(C)n1-2. The molecule has 0 unspecified atom stereocenters. The largest absolute Gasteiger partial charge is 0.487 e. The van der Waals surface area contributed by atoms with Gasteiger partial charge in [-0.2, -0.15) is 0 Å². The molecule has 3 fully saturated rings. The van der Waals surface area contributed by atoms with Gasteiger partial charge in [0.1, 0.15) is 41.5 Å². The Balaban J connectivity index is 0.911. The maximum Gasteiger partial charge on any atom is 0.310 e. The van der Waals surface area contributed by atoms with E-state index in [1.165, 1.54) is 0 Å². The zero-order chi connectivity index (χ0) is 47.1. The van der Waals surface area contributed by atoms with Crippen LogP contribution in [0.2, 0.25) is 10.0 Å². The molecule has 3 aromatic heterocycles. The highest BCUT2D eigenvalue weighted by Crippen LogP contribution is 2.54. The summed E-state index contributed by atoms with van der Waals surface area (Å²) in [6, 6.07) is 9.88. The molecule has 2 saturated carbocycles. The first-order chi connectivity index (χ1) is 32.1. The van der Waals surface area contributed by atoms with Crippen LogP contribution < -0.4 is 4.74 Å². The summed E-state index contributed by atoms with van der Waals surface area (Å²) < 4.78 is 10.2. The molecule has 1 saturated heterocycles. The lowest BCUT2D eigenvalue weighted by Crippen LogP contribution is -2.52.